The standard InChI is InChI=1S/C9H6BrClN2O/c1-5-12-9(14-13-5)7-4-6(11)2-3-8(7)10/h2-4H,1H3. The van der Waals surface area contributed by atoms with Gasteiger partial charge in [-0.25, -0.2) is 0 Å². The summed E-state index contributed by atoms with van der Waals surface area (Å²) in [6, 6.07) is 5.41. The van der Waals surface area contributed by atoms with Crippen LogP contribution in [0.3, 0.4) is 0 Å². The highest BCUT2D eigenvalue weighted by atomic mass is 79.9. The van der Waals surface area contributed by atoms with Gasteiger partial charge in [0.15, 0.2) is 5.82 Å². The summed E-state index contributed by atoms with van der Waals surface area (Å²) in [4.78, 5) is 4.12. The molecule has 2 aromatic rings. The number of halogens is 2. The van der Waals surface area contributed by atoms with Gasteiger partial charge in [-0.3, -0.25) is 0 Å². The summed E-state index contributed by atoms with van der Waals surface area (Å²) in [5.41, 5.74) is 0.804. The van der Waals surface area contributed by atoms with Gasteiger partial charge in [-0.2, -0.15) is 4.98 Å². The monoisotopic (exact) mass is 272 g/mol. The van der Waals surface area contributed by atoms with E-state index in [1.165, 1.54) is 0 Å². The third-order valence-corrected chi connectivity index (χ3v) is 2.61. The number of hydrogen-bond donors (Lipinski definition) is 0. The van der Waals surface area contributed by atoms with E-state index in [4.69, 9.17) is 16.1 Å². The van der Waals surface area contributed by atoms with Gasteiger partial charge in [-0.15, -0.1) is 0 Å². The molecular weight excluding hydrogens is 267 g/mol. The zero-order chi connectivity index (χ0) is 10.1. The van der Waals surface area contributed by atoms with Crippen molar-refractivity contribution in [3.8, 4) is 11.5 Å². The van der Waals surface area contributed by atoms with E-state index in [0.717, 1.165) is 10.0 Å². The number of aromatic nitrogens is 2. The lowest BCUT2D eigenvalue weighted by Gasteiger charge is -1.98. The summed E-state index contributed by atoms with van der Waals surface area (Å²) in [6.07, 6.45) is 0. The molecule has 0 radical (unpaired) electrons. The molecule has 1 heterocycles. The second kappa shape index (κ2) is 3.71. The molecule has 2 rings (SSSR count). The molecule has 0 aliphatic rings. The average Bonchev–Trinajstić information content (AvgIpc) is 2.56. The zero-order valence-electron chi connectivity index (χ0n) is 7.29. The molecule has 0 aliphatic carbocycles. The van der Waals surface area contributed by atoms with Gasteiger partial charge >= 0.3 is 0 Å². The van der Waals surface area contributed by atoms with Crippen molar-refractivity contribution in [3.05, 3.63) is 33.5 Å². The van der Waals surface area contributed by atoms with E-state index in [2.05, 4.69) is 26.1 Å². The van der Waals surface area contributed by atoms with Gasteiger partial charge < -0.3 is 4.52 Å². The molecule has 0 amide bonds. The maximum absolute atomic E-state index is 5.86. The minimum atomic E-state index is 0.469. The van der Waals surface area contributed by atoms with Crippen LogP contribution in [0.2, 0.25) is 5.02 Å². The highest BCUT2D eigenvalue weighted by Gasteiger charge is 2.10. The van der Waals surface area contributed by atoms with Crippen molar-refractivity contribution in [2.75, 3.05) is 0 Å². The second-order valence-electron chi connectivity index (χ2n) is 2.77. The molecule has 1 aromatic carbocycles. The van der Waals surface area contributed by atoms with Gasteiger partial charge in [-0.1, -0.05) is 16.8 Å². The number of aryl methyl sites for hydroxylation is 1. The van der Waals surface area contributed by atoms with Crippen LogP contribution in [0.1, 0.15) is 5.82 Å². The van der Waals surface area contributed by atoms with Crippen molar-refractivity contribution in [2.24, 2.45) is 0 Å². The Morgan fingerprint density at radius 2 is 2.21 bits per heavy atom. The predicted octanol–water partition coefficient (Wildman–Crippen LogP) is 3.46. The topological polar surface area (TPSA) is 38.9 Å². The molecule has 0 atom stereocenters. The summed E-state index contributed by atoms with van der Waals surface area (Å²) in [6.45, 7) is 1.77. The van der Waals surface area contributed by atoms with Crippen molar-refractivity contribution in [1.82, 2.24) is 10.1 Å². The molecule has 3 nitrogen and oxygen atoms in total. The van der Waals surface area contributed by atoms with E-state index in [1.807, 2.05) is 6.07 Å². The van der Waals surface area contributed by atoms with E-state index in [-0.39, 0.29) is 0 Å². The SMILES string of the molecule is Cc1noc(-c2cc(Cl)ccc2Br)n1. The maximum atomic E-state index is 5.86. The molecule has 0 unspecified atom stereocenters. The predicted molar refractivity (Wildman–Crippen MR) is 57.2 cm³/mol. The fraction of sp³-hybridized carbons (Fsp3) is 0.111. The first kappa shape index (κ1) is 9.68. The summed E-state index contributed by atoms with van der Waals surface area (Å²) in [5.74, 6) is 1.07. The van der Waals surface area contributed by atoms with E-state index < -0.39 is 0 Å². The van der Waals surface area contributed by atoms with Crippen molar-refractivity contribution in [1.29, 1.82) is 0 Å². The summed E-state index contributed by atoms with van der Waals surface area (Å²) >= 11 is 9.25. The lowest BCUT2D eigenvalue weighted by molar-refractivity contribution is 0.425. The van der Waals surface area contributed by atoms with Crippen molar-refractivity contribution >= 4 is 27.5 Å². The van der Waals surface area contributed by atoms with E-state index in [9.17, 15) is 0 Å². The Hall–Kier alpha value is -0.870. The van der Waals surface area contributed by atoms with Crippen LogP contribution in [0.5, 0.6) is 0 Å². The first-order chi connectivity index (χ1) is 6.66. The molecule has 0 saturated carbocycles. The largest absolute Gasteiger partial charge is 0.334 e. The van der Waals surface area contributed by atoms with Crippen molar-refractivity contribution in [3.63, 3.8) is 0 Å². The van der Waals surface area contributed by atoms with Crippen LogP contribution in [0, 0.1) is 6.92 Å². The average molecular weight is 274 g/mol. The van der Waals surface area contributed by atoms with Crippen LogP contribution in [-0.4, -0.2) is 10.1 Å². The number of nitrogens with zero attached hydrogens (tertiary/aromatic N) is 2. The Morgan fingerprint density at radius 1 is 1.43 bits per heavy atom. The quantitative estimate of drug-likeness (QED) is 0.798. The van der Waals surface area contributed by atoms with E-state index >= 15 is 0 Å². The molecule has 0 saturated heterocycles. The van der Waals surface area contributed by atoms with Crippen molar-refractivity contribution in [2.45, 2.75) is 6.92 Å². The van der Waals surface area contributed by atoms with Crippen LogP contribution >= 0.6 is 27.5 Å². The zero-order valence-corrected chi connectivity index (χ0v) is 9.63. The molecule has 0 fully saturated rings. The second-order valence-corrected chi connectivity index (χ2v) is 4.06. The highest BCUT2D eigenvalue weighted by molar-refractivity contribution is 9.10. The summed E-state index contributed by atoms with van der Waals surface area (Å²) in [7, 11) is 0. The molecule has 0 N–H and O–H groups in total. The molecule has 72 valence electrons. The molecule has 0 spiro atoms. The Bertz CT molecular complexity index is 470. The molecule has 0 aliphatic heterocycles. The van der Waals surface area contributed by atoms with Crippen LogP contribution in [0.4, 0.5) is 0 Å². The third kappa shape index (κ3) is 1.81. The van der Waals surface area contributed by atoms with Crippen LogP contribution < -0.4 is 0 Å². The maximum Gasteiger partial charge on any atom is 0.259 e. The Kier molecular flexibility index (Phi) is 2.56. The van der Waals surface area contributed by atoms with E-state index in [0.29, 0.717) is 16.7 Å². The molecule has 5 heteroatoms. The van der Waals surface area contributed by atoms with Gasteiger partial charge in [0.2, 0.25) is 0 Å². The number of rotatable bonds is 1. The van der Waals surface area contributed by atoms with Gasteiger partial charge in [0.1, 0.15) is 0 Å². The molecular formula is C9H6BrClN2O. The lowest BCUT2D eigenvalue weighted by atomic mass is 10.2. The number of benzene rings is 1. The highest BCUT2D eigenvalue weighted by Crippen LogP contribution is 2.29. The van der Waals surface area contributed by atoms with Crippen LogP contribution in [-0.2, 0) is 0 Å². The Morgan fingerprint density at radius 3 is 2.86 bits per heavy atom. The van der Waals surface area contributed by atoms with E-state index in [1.54, 1.807) is 19.1 Å². The molecule has 14 heavy (non-hydrogen) atoms. The first-order valence-corrected chi connectivity index (χ1v) is 5.09. The first-order valence-electron chi connectivity index (χ1n) is 3.92. The van der Waals surface area contributed by atoms with Gasteiger partial charge in [0.05, 0.1) is 5.56 Å². The summed E-state index contributed by atoms with van der Waals surface area (Å²) in [5, 5.41) is 4.35. The van der Waals surface area contributed by atoms with Gasteiger partial charge in [0, 0.05) is 9.50 Å². The Labute approximate surface area is 94.2 Å². The third-order valence-electron chi connectivity index (χ3n) is 1.69. The smallest absolute Gasteiger partial charge is 0.259 e. The van der Waals surface area contributed by atoms with Crippen LogP contribution in [0.25, 0.3) is 11.5 Å². The normalized spacial score (nSPS) is 10.5. The van der Waals surface area contributed by atoms with Crippen molar-refractivity contribution < 1.29 is 4.52 Å². The minimum absolute atomic E-state index is 0.469. The fourth-order valence-electron chi connectivity index (χ4n) is 1.07. The summed E-state index contributed by atoms with van der Waals surface area (Å²) < 4.78 is 5.92. The lowest BCUT2D eigenvalue weighted by Crippen LogP contribution is -1.80. The fourth-order valence-corrected chi connectivity index (χ4v) is 1.66. The molecule has 1 aromatic heterocycles. The minimum Gasteiger partial charge on any atom is -0.334 e. The van der Waals surface area contributed by atoms with Crippen LogP contribution in [0.15, 0.2) is 27.2 Å². The Balaban J connectivity index is 2.55. The van der Waals surface area contributed by atoms with Gasteiger partial charge in [-0.05, 0) is 41.1 Å². The molecule has 0 bridgehead atoms. The van der Waals surface area contributed by atoms with Gasteiger partial charge in [0.25, 0.3) is 5.89 Å². The number of hydrogen-bond acceptors (Lipinski definition) is 3.